The third-order valence-electron chi connectivity index (χ3n) is 5.03. The number of likely N-dealkylation sites (N-methyl/N-ethyl adjacent to an activating group) is 1. The van der Waals surface area contributed by atoms with E-state index < -0.39 is 7.12 Å². The molecule has 23 heavy (non-hydrogen) atoms. The smallest absolute Gasteiger partial charge is 0.427 e. The number of nitrogens with zero attached hydrogens (tertiary/aromatic N) is 1. The maximum absolute atomic E-state index is 8.85. The number of hydrogen-bond acceptors (Lipinski definition) is 4. The van der Waals surface area contributed by atoms with Gasteiger partial charge in [-0.1, -0.05) is 44.0 Å². The molecule has 0 amide bonds. The van der Waals surface area contributed by atoms with Crippen molar-refractivity contribution in [3.63, 3.8) is 0 Å². The van der Waals surface area contributed by atoms with Gasteiger partial charge in [0.15, 0.2) is 0 Å². The van der Waals surface area contributed by atoms with Crippen LogP contribution in [0.15, 0.2) is 24.3 Å². The summed E-state index contributed by atoms with van der Waals surface area (Å²) in [5.74, 6) is 0. The minimum atomic E-state index is -1.17. The van der Waals surface area contributed by atoms with Gasteiger partial charge in [-0.15, -0.1) is 0 Å². The van der Waals surface area contributed by atoms with Crippen molar-refractivity contribution >= 4 is 7.12 Å². The molecular weight excluding hydrogens is 287 g/mol. The van der Waals surface area contributed by atoms with Crippen LogP contribution in [-0.2, 0) is 13.0 Å². The molecule has 5 heteroatoms. The Morgan fingerprint density at radius 1 is 1.22 bits per heavy atom. The number of nitrogens with two attached hydrogens (primary N) is 1. The molecule has 2 atom stereocenters. The van der Waals surface area contributed by atoms with E-state index in [9.17, 15) is 0 Å². The molecule has 128 valence electrons. The van der Waals surface area contributed by atoms with Gasteiger partial charge in [-0.05, 0) is 49.7 Å². The fraction of sp³-hybridized carbons (Fsp3) is 0.667. The largest absolute Gasteiger partial charge is 0.451 e. The number of rotatable bonds is 9. The van der Waals surface area contributed by atoms with E-state index in [0.29, 0.717) is 12.4 Å². The van der Waals surface area contributed by atoms with Crippen molar-refractivity contribution in [2.24, 2.45) is 5.73 Å². The lowest BCUT2D eigenvalue weighted by atomic mass is 9.83. The minimum absolute atomic E-state index is 0.224. The van der Waals surface area contributed by atoms with Crippen LogP contribution in [0, 0.1) is 0 Å². The first-order chi connectivity index (χ1) is 11.1. The van der Waals surface area contributed by atoms with E-state index in [1.807, 2.05) is 0 Å². The predicted molar refractivity (Wildman–Crippen MR) is 96.1 cm³/mol. The topological polar surface area (TPSA) is 69.7 Å². The van der Waals surface area contributed by atoms with Gasteiger partial charge in [0.05, 0.1) is 0 Å². The van der Waals surface area contributed by atoms with Crippen LogP contribution in [0.1, 0.15) is 50.2 Å². The monoisotopic (exact) mass is 318 g/mol. The summed E-state index contributed by atoms with van der Waals surface area (Å²) < 4.78 is 0. The van der Waals surface area contributed by atoms with Crippen LogP contribution in [-0.4, -0.2) is 40.7 Å². The lowest BCUT2D eigenvalue weighted by molar-refractivity contribution is 0.166. The summed E-state index contributed by atoms with van der Waals surface area (Å²) in [6, 6.07) is 9.60. The normalized spacial score (nSPS) is 19.4. The van der Waals surface area contributed by atoms with E-state index in [-0.39, 0.29) is 6.04 Å². The molecule has 0 aliphatic carbocycles. The zero-order valence-corrected chi connectivity index (χ0v) is 14.3. The fourth-order valence-corrected chi connectivity index (χ4v) is 3.58. The molecular formula is C18H31BN2O2. The van der Waals surface area contributed by atoms with Gasteiger partial charge >= 0.3 is 7.12 Å². The molecule has 1 heterocycles. The Morgan fingerprint density at radius 3 is 2.65 bits per heavy atom. The minimum Gasteiger partial charge on any atom is -0.427 e. The molecule has 1 aromatic carbocycles. The van der Waals surface area contributed by atoms with E-state index in [4.69, 9.17) is 15.8 Å². The Kier molecular flexibility index (Phi) is 7.57. The molecule has 2 unspecified atom stereocenters. The van der Waals surface area contributed by atoms with E-state index in [1.54, 1.807) is 0 Å². The van der Waals surface area contributed by atoms with Crippen LogP contribution >= 0.6 is 0 Å². The molecule has 1 aromatic rings. The van der Waals surface area contributed by atoms with Gasteiger partial charge in [0.1, 0.15) is 0 Å². The summed E-state index contributed by atoms with van der Waals surface area (Å²) in [5, 5.41) is 17.7. The molecule has 0 saturated carbocycles. The average molecular weight is 318 g/mol. The first kappa shape index (κ1) is 18.5. The van der Waals surface area contributed by atoms with E-state index in [0.717, 1.165) is 51.6 Å². The van der Waals surface area contributed by atoms with Crippen molar-refractivity contribution in [2.45, 2.75) is 70.4 Å². The standard InChI is InChI=1S/C18H31BN2O2/c1-2-21-14-16-8-4-3-7-15(16)13-18(21)11-10-17(20)9-5-6-12-19(22)23/h3-4,7-8,17-18,22-23H,2,5-6,9-14,20H2,1H3. The maximum Gasteiger partial charge on any atom is 0.451 e. The Morgan fingerprint density at radius 2 is 1.96 bits per heavy atom. The van der Waals surface area contributed by atoms with Crippen molar-refractivity contribution in [3.05, 3.63) is 35.4 Å². The Hall–Kier alpha value is -0.875. The van der Waals surface area contributed by atoms with E-state index in [1.165, 1.54) is 11.1 Å². The molecule has 4 N–H and O–H groups in total. The fourth-order valence-electron chi connectivity index (χ4n) is 3.58. The van der Waals surface area contributed by atoms with Crippen LogP contribution in [0.4, 0.5) is 0 Å². The number of fused-ring (bicyclic) bond motifs is 1. The van der Waals surface area contributed by atoms with Crippen LogP contribution < -0.4 is 5.73 Å². The van der Waals surface area contributed by atoms with Crippen molar-refractivity contribution < 1.29 is 10.0 Å². The highest BCUT2D eigenvalue weighted by molar-refractivity contribution is 6.40. The first-order valence-electron chi connectivity index (χ1n) is 9.02. The zero-order valence-electron chi connectivity index (χ0n) is 14.3. The number of unbranched alkanes of at least 4 members (excludes halogenated alkanes) is 1. The van der Waals surface area contributed by atoms with Gasteiger partial charge in [-0.3, -0.25) is 4.90 Å². The SMILES string of the molecule is CCN1Cc2ccccc2CC1CCC(N)CCCCB(O)O. The van der Waals surface area contributed by atoms with Crippen LogP contribution in [0.5, 0.6) is 0 Å². The Balaban J connectivity index is 1.76. The highest BCUT2D eigenvalue weighted by Crippen LogP contribution is 2.26. The van der Waals surface area contributed by atoms with Gasteiger partial charge in [0, 0.05) is 18.6 Å². The van der Waals surface area contributed by atoms with Crippen LogP contribution in [0.2, 0.25) is 6.32 Å². The molecule has 0 radical (unpaired) electrons. The van der Waals surface area contributed by atoms with Crippen molar-refractivity contribution in [3.8, 4) is 0 Å². The van der Waals surface area contributed by atoms with E-state index >= 15 is 0 Å². The van der Waals surface area contributed by atoms with Crippen molar-refractivity contribution in [2.75, 3.05) is 6.54 Å². The molecule has 2 rings (SSSR count). The molecule has 1 aliphatic rings. The maximum atomic E-state index is 8.85. The second-order valence-electron chi connectivity index (χ2n) is 6.79. The molecule has 0 aromatic heterocycles. The van der Waals surface area contributed by atoms with Crippen LogP contribution in [0.3, 0.4) is 0 Å². The molecule has 1 aliphatic heterocycles. The molecule has 0 saturated heterocycles. The zero-order chi connectivity index (χ0) is 16.7. The second-order valence-corrected chi connectivity index (χ2v) is 6.79. The van der Waals surface area contributed by atoms with Gasteiger partial charge in [0.25, 0.3) is 0 Å². The number of hydrogen-bond donors (Lipinski definition) is 3. The summed E-state index contributed by atoms with van der Waals surface area (Å²) in [4.78, 5) is 2.57. The quantitative estimate of drug-likeness (QED) is 0.482. The van der Waals surface area contributed by atoms with Crippen molar-refractivity contribution in [1.82, 2.24) is 4.90 Å². The number of benzene rings is 1. The second kappa shape index (κ2) is 9.43. The Bertz CT molecular complexity index is 470. The van der Waals surface area contributed by atoms with Crippen molar-refractivity contribution in [1.29, 1.82) is 0 Å². The van der Waals surface area contributed by atoms with Gasteiger partial charge in [-0.25, -0.2) is 0 Å². The molecule has 4 nitrogen and oxygen atoms in total. The first-order valence-corrected chi connectivity index (χ1v) is 9.02. The Labute approximate surface area is 140 Å². The molecule has 0 bridgehead atoms. The third kappa shape index (κ3) is 5.92. The summed E-state index contributed by atoms with van der Waals surface area (Å²) in [5.41, 5.74) is 9.21. The summed E-state index contributed by atoms with van der Waals surface area (Å²) >= 11 is 0. The molecule has 0 fully saturated rings. The summed E-state index contributed by atoms with van der Waals surface area (Å²) in [7, 11) is -1.17. The lowest BCUT2D eigenvalue weighted by Crippen LogP contribution is -2.41. The van der Waals surface area contributed by atoms with Gasteiger partial charge in [-0.2, -0.15) is 0 Å². The lowest BCUT2D eigenvalue weighted by Gasteiger charge is -2.36. The van der Waals surface area contributed by atoms with Gasteiger partial charge < -0.3 is 15.8 Å². The van der Waals surface area contributed by atoms with Crippen LogP contribution in [0.25, 0.3) is 0 Å². The average Bonchev–Trinajstić information content (AvgIpc) is 2.55. The molecule has 0 spiro atoms. The predicted octanol–water partition coefficient (Wildman–Crippen LogP) is 2.18. The summed E-state index contributed by atoms with van der Waals surface area (Å²) in [6.07, 6.45) is 6.56. The van der Waals surface area contributed by atoms with Gasteiger partial charge in [0.2, 0.25) is 0 Å². The third-order valence-corrected chi connectivity index (χ3v) is 5.03. The summed E-state index contributed by atoms with van der Waals surface area (Å²) in [6.45, 7) is 4.38. The highest BCUT2D eigenvalue weighted by Gasteiger charge is 2.24. The highest BCUT2D eigenvalue weighted by atomic mass is 16.4. The van der Waals surface area contributed by atoms with E-state index in [2.05, 4.69) is 36.1 Å².